The number of nitrogens with one attached hydrogen (secondary N) is 1. The van der Waals surface area contributed by atoms with Crippen LogP contribution in [0.1, 0.15) is 18.4 Å². The van der Waals surface area contributed by atoms with E-state index in [1.165, 1.54) is 0 Å². The van der Waals surface area contributed by atoms with Crippen LogP contribution in [0.25, 0.3) is 0 Å². The lowest BCUT2D eigenvalue weighted by atomic mass is 10.2. The first kappa shape index (κ1) is 16.8. The van der Waals surface area contributed by atoms with Gasteiger partial charge in [-0.25, -0.2) is 0 Å². The highest BCUT2D eigenvalue weighted by Gasteiger charge is 2.32. The average molecular weight is 339 g/mol. The Labute approximate surface area is 129 Å². The lowest BCUT2D eigenvalue weighted by Crippen LogP contribution is -2.36. The SMILES string of the molecule is O=C(Cn1cc(C(F)(F)F)cc(Cl)c1=O)NC[C@H]1CCCO1. The molecule has 1 saturated heterocycles. The van der Waals surface area contributed by atoms with Crippen molar-refractivity contribution in [2.24, 2.45) is 0 Å². The van der Waals surface area contributed by atoms with Gasteiger partial charge in [-0.1, -0.05) is 11.6 Å². The van der Waals surface area contributed by atoms with Crippen LogP contribution in [0.4, 0.5) is 13.2 Å². The molecule has 0 spiro atoms. The number of nitrogens with zero attached hydrogens (tertiary/aromatic N) is 1. The van der Waals surface area contributed by atoms with Crippen LogP contribution >= 0.6 is 11.6 Å². The molecule has 1 aromatic heterocycles. The third-order valence-electron chi connectivity index (χ3n) is 3.23. The minimum Gasteiger partial charge on any atom is -0.376 e. The minimum atomic E-state index is -4.65. The van der Waals surface area contributed by atoms with Crippen LogP contribution in [0, 0.1) is 0 Å². The Morgan fingerprint density at radius 1 is 1.50 bits per heavy atom. The number of carbonyl (C=O) groups is 1. The third-order valence-corrected chi connectivity index (χ3v) is 3.51. The van der Waals surface area contributed by atoms with E-state index in [0.717, 1.165) is 12.8 Å². The molecule has 1 amide bonds. The summed E-state index contributed by atoms with van der Waals surface area (Å²) in [6.07, 6.45) is -2.43. The van der Waals surface area contributed by atoms with Crippen molar-refractivity contribution < 1.29 is 22.7 Å². The molecule has 1 aliphatic rings. The number of alkyl halides is 3. The van der Waals surface area contributed by atoms with Crippen molar-refractivity contribution in [1.29, 1.82) is 0 Å². The molecule has 22 heavy (non-hydrogen) atoms. The van der Waals surface area contributed by atoms with Gasteiger partial charge in [0.15, 0.2) is 0 Å². The average Bonchev–Trinajstić information content (AvgIpc) is 2.93. The number of pyridine rings is 1. The summed E-state index contributed by atoms with van der Waals surface area (Å²) in [5.41, 5.74) is -1.93. The molecule has 1 N–H and O–H groups in total. The van der Waals surface area contributed by atoms with Gasteiger partial charge in [0.05, 0.1) is 11.7 Å². The molecule has 0 aromatic carbocycles. The van der Waals surface area contributed by atoms with Gasteiger partial charge in [0, 0.05) is 19.3 Å². The minimum absolute atomic E-state index is 0.0919. The van der Waals surface area contributed by atoms with Crippen molar-refractivity contribution in [1.82, 2.24) is 9.88 Å². The highest BCUT2D eigenvalue weighted by molar-refractivity contribution is 6.30. The predicted molar refractivity (Wildman–Crippen MR) is 72.7 cm³/mol. The van der Waals surface area contributed by atoms with Gasteiger partial charge in [0.25, 0.3) is 5.56 Å². The van der Waals surface area contributed by atoms with E-state index in [0.29, 0.717) is 23.4 Å². The van der Waals surface area contributed by atoms with Gasteiger partial charge in [0.2, 0.25) is 5.91 Å². The molecule has 9 heteroatoms. The standard InChI is InChI=1S/C13H14ClF3N2O3/c14-10-4-8(13(15,16)17)6-19(12(10)21)7-11(20)18-5-9-2-1-3-22-9/h4,6,9H,1-3,5,7H2,(H,18,20)/t9-/m1/s1. The van der Waals surface area contributed by atoms with E-state index < -0.39 is 34.8 Å². The lowest BCUT2D eigenvalue weighted by molar-refractivity contribution is -0.138. The fraction of sp³-hybridized carbons (Fsp3) is 0.538. The highest BCUT2D eigenvalue weighted by atomic mass is 35.5. The lowest BCUT2D eigenvalue weighted by Gasteiger charge is -2.13. The second kappa shape index (κ2) is 6.70. The molecular weight excluding hydrogens is 325 g/mol. The summed E-state index contributed by atoms with van der Waals surface area (Å²) >= 11 is 5.50. The van der Waals surface area contributed by atoms with E-state index in [4.69, 9.17) is 16.3 Å². The molecule has 1 aliphatic heterocycles. The van der Waals surface area contributed by atoms with Crippen molar-refractivity contribution in [2.75, 3.05) is 13.2 Å². The number of halogens is 4. The molecule has 0 radical (unpaired) electrons. The zero-order valence-corrected chi connectivity index (χ0v) is 12.2. The highest BCUT2D eigenvalue weighted by Crippen LogP contribution is 2.29. The summed E-state index contributed by atoms with van der Waals surface area (Å²) in [4.78, 5) is 23.4. The zero-order chi connectivity index (χ0) is 16.3. The molecule has 5 nitrogen and oxygen atoms in total. The van der Waals surface area contributed by atoms with Gasteiger partial charge < -0.3 is 14.6 Å². The van der Waals surface area contributed by atoms with Gasteiger partial charge in [0.1, 0.15) is 11.6 Å². The maximum Gasteiger partial charge on any atom is 0.417 e. The molecule has 2 heterocycles. The van der Waals surface area contributed by atoms with E-state index in [-0.39, 0.29) is 12.6 Å². The van der Waals surface area contributed by atoms with Gasteiger partial charge in [-0.05, 0) is 18.9 Å². The van der Waals surface area contributed by atoms with Crippen LogP contribution in [0.2, 0.25) is 5.02 Å². The summed E-state index contributed by atoms with van der Waals surface area (Å²) in [7, 11) is 0. The van der Waals surface area contributed by atoms with E-state index in [1.54, 1.807) is 0 Å². The van der Waals surface area contributed by atoms with Crippen LogP contribution < -0.4 is 10.9 Å². The number of hydrogen-bond acceptors (Lipinski definition) is 3. The normalized spacial score (nSPS) is 18.5. The van der Waals surface area contributed by atoms with Crippen molar-refractivity contribution in [2.45, 2.75) is 31.7 Å². The number of carbonyl (C=O) groups excluding carboxylic acids is 1. The zero-order valence-electron chi connectivity index (χ0n) is 11.5. The number of aromatic nitrogens is 1. The second-order valence-corrected chi connectivity index (χ2v) is 5.35. The maximum absolute atomic E-state index is 12.7. The molecule has 1 atom stereocenters. The molecule has 0 saturated carbocycles. The molecule has 0 bridgehead atoms. The summed E-state index contributed by atoms with van der Waals surface area (Å²) in [6, 6.07) is 0.546. The number of rotatable bonds is 4. The summed E-state index contributed by atoms with van der Waals surface area (Å²) < 4.78 is 44.0. The Morgan fingerprint density at radius 2 is 2.23 bits per heavy atom. The molecule has 1 aromatic rings. The number of amides is 1. The van der Waals surface area contributed by atoms with Crippen molar-refractivity contribution >= 4 is 17.5 Å². The summed E-state index contributed by atoms with van der Waals surface area (Å²) in [6.45, 7) is 0.360. The Hall–Kier alpha value is -1.54. The molecular formula is C13H14ClF3N2O3. The quantitative estimate of drug-likeness (QED) is 0.911. The van der Waals surface area contributed by atoms with Crippen LogP contribution in [-0.4, -0.2) is 29.7 Å². The van der Waals surface area contributed by atoms with Gasteiger partial charge in [-0.2, -0.15) is 13.2 Å². The van der Waals surface area contributed by atoms with Crippen molar-refractivity contribution in [3.63, 3.8) is 0 Å². The van der Waals surface area contributed by atoms with Crippen LogP contribution in [-0.2, 0) is 22.3 Å². The van der Waals surface area contributed by atoms with Gasteiger partial charge in [-0.3, -0.25) is 9.59 Å². The van der Waals surface area contributed by atoms with E-state index in [1.807, 2.05) is 0 Å². The molecule has 0 aliphatic carbocycles. The predicted octanol–water partition coefficient (Wildman–Crippen LogP) is 1.82. The van der Waals surface area contributed by atoms with Gasteiger partial charge >= 0.3 is 6.18 Å². The maximum atomic E-state index is 12.7. The van der Waals surface area contributed by atoms with Crippen molar-refractivity contribution in [3.8, 4) is 0 Å². The molecule has 122 valence electrons. The van der Waals surface area contributed by atoms with Gasteiger partial charge in [-0.15, -0.1) is 0 Å². The largest absolute Gasteiger partial charge is 0.417 e. The Kier molecular flexibility index (Phi) is 5.12. The van der Waals surface area contributed by atoms with Crippen LogP contribution in [0.3, 0.4) is 0 Å². The third kappa shape index (κ3) is 4.23. The Morgan fingerprint density at radius 3 is 2.82 bits per heavy atom. The first-order valence-electron chi connectivity index (χ1n) is 6.63. The Bertz CT molecular complexity index is 610. The smallest absolute Gasteiger partial charge is 0.376 e. The topological polar surface area (TPSA) is 60.3 Å². The summed E-state index contributed by atoms with van der Waals surface area (Å²) in [5, 5.41) is 1.95. The van der Waals surface area contributed by atoms with E-state index in [2.05, 4.69) is 5.32 Å². The first-order valence-corrected chi connectivity index (χ1v) is 7.00. The first-order chi connectivity index (χ1) is 10.3. The number of ether oxygens (including phenoxy) is 1. The second-order valence-electron chi connectivity index (χ2n) is 4.95. The monoisotopic (exact) mass is 338 g/mol. The fourth-order valence-electron chi connectivity index (χ4n) is 2.12. The molecule has 0 unspecified atom stereocenters. The Balaban J connectivity index is 2.06. The molecule has 2 rings (SSSR count). The fourth-order valence-corrected chi connectivity index (χ4v) is 2.34. The summed E-state index contributed by atoms with van der Waals surface area (Å²) in [5.74, 6) is -0.576. The van der Waals surface area contributed by atoms with E-state index >= 15 is 0 Å². The number of hydrogen-bond donors (Lipinski definition) is 1. The molecule has 1 fully saturated rings. The van der Waals surface area contributed by atoms with Crippen molar-refractivity contribution in [3.05, 3.63) is 33.2 Å². The van der Waals surface area contributed by atoms with E-state index in [9.17, 15) is 22.8 Å². The van der Waals surface area contributed by atoms with Crippen LogP contribution in [0.15, 0.2) is 17.1 Å². The van der Waals surface area contributed by atoms with Crippen LogP contribution in [0.5, 0.6) is 0 Å².